The van der Waals surface area contributed by atoms with Gasteiger partial charge >= 0.3 is 5.97 Å². The predicted octanol–water partition coefficient (Wildman–Crippen LogP) is 2.44. The summed E-state index contributed by atoms with van der Waals surface area (Å²) in [6.45, 7) is 4.25. The number of halogens is 1. The third-order valence-corrected chi connectivity index (χ3v) is 9.06. The van der Waals surface area contributed by atoms with Crippen LogP contribution in [0.3, 0.4) is 0 Å². The minimum Gasteiger partial charge on any atom is -0.458 e. The van der Waals surface area contributed by atoms with Crippen molar-refractivity contribution in [1.82, 2.24) is 0 Å². The van der Waals surface area contributed by atoms with Crippen molar-refractivity contribution in [3.05, 3.63) is 11.6 Å². The van der Waals surface area contributed by atoms with Crippen LogP contribution in [0.2, 0.25) is 0 Å². The molecule has 0 unspecified atom stereocenters. The van der Waals surface area contributed by atoms with Gasteiger partial charge < -0.3 is 14.9 Å². The number of hydrogen-bond acceptors (Lipinski definition) is 6. The molecule has 0 aliphatic heterocycles. The van der Waals surface area contributed by atoms with Crippen molar-refractivity contribution in [3.8, 4) is 0 Å². The number of carbonyl (C=O) groups is 3. The number of esters is 1. The zero-order valence-corrected chi connectivity index (χ0v) is 17.9. The van der Waals surface area contributed by atoms with Gasteiger partial charge in [0.15, 0.2) is 12.4 Å². The second kappa shape index (κ2) is 6.70. The van der Waals surface area contributed by atoms with Crippen LogP contribution in [0.25, 0.3) is 0 Å². The molecule has 0 saturated heterocycles. The van der Waals surface area contributed by atoms with E-state index in [-0.39, 0.29) is 31.0 Å². The second-order valence-electron chi connectivity index (χ2n) is 10.2. The van der Waals surface area contributed by atoms with Gasteiger partial charge in [0.25, 0.3) is 0 Å². The highest BCUT2D eigenvalue weighted by atomic mass is 19.1. The number of alkyl halides is 1. The minimum absolute atomic E-state index is 0.00553. The van der Waals surface area contributed by atoms with Gasteiger partial charge in [0.2, 0.25) is 5.78 Å². The number of ether oxygens (including phenoxy) is 1. The molecule has 0 heterocycles. The van der Waals surface area contributed by atoms with Gasteiger partial charge in [0.1, 0.15) is 11.3 Å². The third kappa shape index (κ3) is 2.57. The highest BCUT2D eigenvalue weighted by Crippen LogP contribution is 2.70. The monoisotopic (exact) mass is 422 g/mol. The molecule has 0 amide bonds. The SMILES string of the molecule is CC(=O)OCC(=O)[C@]1(O)CC[C@H]2[C@H]3CCC4=CC(=O)CC[C@]4(C)[C@@]3(F)[C@@H](O)C[C@@]21C. The molecule has 0 aromatic rings. The summed E-state index contributed by atoms with van der Waals surface area (Å²) in [5, 5.41) is 22.6. The van der Waals surface area contributed by atoms with Crippen LogP contribution in [0.1, 0.15) is 65.7 Å². The standard InChI is InChI=1S/C23H31FO6/c1-13(25)30-12-19(28)22(29)9-7-16-17-5-4-14-10-15(26)6-8-20(14,2)23(17,24)18(27)11-21(16,22)3/h10,16-18,27,29H,4-9,11-12H2,1-3H3/t16-,17+,18-,20-,21-,22+,23-/m0/s1. The van der Waals surface area contributed by atoms with E-state index in [1.807, 2.05) is 6.92 Å². The van der Waals surface area contributed by atoms with E-state index in [1.165, 1.54) is 6.92 Å². The first-order valence-corrected chi connectivity index (χ1v) is 10.9. The molecule has 2 N–H and O–H groups in total. The molecule has 4 rings (SSSR count). The number of Topliss-reactive ketones (excluding diaryl/α,β-unsaturated/α-hetero) is 1. The van der Waals surface area contributed by atoms with E-state index in [0.717, 1.165) is 5.57 Å². The maximum atomic E-state index is 16.9. The minimum atomic E-state index is -1.91. The van der Waals surface area contributed by atoms with Gasteiger partial charge in [0.05, 0.1) is 6.10 Å². The van der Waals surface area contributed by atoms with Crippen molar-refractivity contribution in [2.24, 2.45) is 22.7 Å². The Hall–Kier alpha value is -1.60. The fourth-order valence-corrected chi connectivity index (χ4v) is 7.32. The maximum Gasteiger partial charge on any atom is 0.303 e. The summed E-state index contributed by atoms with van der Waals surface area (Å²) >= 11 is 0. The Bertz CT molecular complexity index is 838. The van der Waals surface area contributed by atoms with Crippen LogP contribution in [-0.2, 0) is 19.1 Å². The van der Waals surface area contributed by atoms with Gasteiger partial charge in [-0.3, -0.25) is 14.4 Å². The van der Waals surface area contributed by atoms with E-state index in [4.69, 9.17) is 4.74 Å². The number of carbonyl (C=O) groups excluding carboxylic acids is 3. The van der Waals surface area contributed by atoms with Gasteiger partial charge in [-0.2, -0.15) is 0 Å². The first-order chi connectivity index (χ1) is 13.9. The molecule has 0 aromatic heterocycles. The molecule has 4 aliphatic carbocycles. The fraction of sp³-hybridized carbons (Fsp3) is 0.783. The summed E-state index contributed by atoms with van der Waals surface area (Å²) in [4.78, 5) is 35.9. The lowest BCUT2D eigenvalue weighted by molar-refractivity contribution is -0.227. The summed E-state index contributed by atoms with van der Waals surface area (Å²) in [5.41, 5.74) is -4.83. The average Bonchev–Trinajstić information content (AvgIpc) is 2.94. The Morgan fingerprint density at radius 1 is 1.20 bits per heavy atom. The molecule has 6 nitrogen and oxygen atoms in total. The maximum absolute atomic E-state index is 16.9. The number of fused-ring (bicyclic) bond motifs is 5. The number of rotatable bonds is 3. The molecule has 7 atom stereocenters. The number of ketones is 2. The summed E-state index contributed by atoms with van der Waals surface area (Å²) in [5.74, 6) is -1.99. The predicted molar refractivity (Wildman–Crippen MR) is 105 cm³/mol. The molecule has 0 spiro atoms. The van der Waals surface area contributed by atoms with Crippen LogP contribution in [-0.4, -0.2) is 51.7 Å². The highest BCUT2D eigenvalue weighted by Gasteiger charge is 2.74. The Balaban J connectivity index is 1.71. The highest BCUT2D eigenvalue weighted by molar-refractivity contribution is 5.92. The second-order valence-corrected chi connectivity index (χ2v) is 10.2. The Morgan fingerprint density at radius 2 is 1.90 bits per heavy atom. The molecule has 30 heavy (non-hydrogen) atoms. The van der Waals surface area contributed by atoms with Gasteiger partial charge in [-0.05, 0) is 50.5 Å². The average molecular weight is 422 g/mol. The Labute approximate surface area is 175 Å². The number of allylic oxidation sites excluding steroid dienone is 1. The molecular weight excluding hydrogens is 391 g/mol. The molecule has 4 aliphatic rings. The van der Waals surface area contributed by atoms with Crippen LogP contribution in [0, 0.1) is 22.7 Å². The number of aliphatic hydroxyl groups excluding tert-OH is 1. The molecule has 0 bridgehead atoms. The van der Waals surface area contributed by atoms with E-state index in [9.17, 15) is 24.6 Å². The summed E-state index contributed by atoms with van der Waals surface area (Å²) < 4.78 is 21.8. The van der Waals surface area contributed by atoms with E-state index in [0.29, 0.717) is 25.7 Å². The Morgan fingerprint density at radius 3 is 2.57 bits per heavy atom. The molecule has 0 aromatic carbocycles. The zero-order valence-electron chi connectivity index (χ0n) is 17.9. The lowest BCUT2D eigenvalue weighted by atomic mass is 9.44. The lowest BCUT2D eigenvalue weighted by Crippen LogP contribution is -2.69. The van der Waals surface area contributed by atoms with Crippen molar-refractivity contribution in [1.29, 1.82) is 0 Å². The van der Waals surface area contributed by atoms with E-state index in [2.05, 4.69) is 0 Å². The van der Waals surface area contributed by atoms with Crippen molar-refractivity contribution < 1.29 is 33.7 Å². The largest absolute Gasteiger partial charge is 0.458 e. The van der Waals surface area contributed by atoms with Gasteiger partial charge in [-0.15, -0.1) is 0 Å². The summed E-state index contributed by atoms with van der Waals surface area (Å²) in [7, 11) is 0. The van der Waals surface area contributed by atoms with Gasteiger partial charge in [-0.25, -0.2) is 4.39 Å². The van der Waals surface area contributed by atoms with E-state index >= 15 is 4.39 Å². The van der Waals surface area contributed by atoms with Gasteiger partial charge in [0, 0.05) is 30.1 Å². The van der Waals surface area contributed by atoms with Crippen molar-refractivity contribution >= 4 is 17.5 Å². The number of aliphatic hydroxyl groups is 2. The smallest absolute Gasteiger partial charge is 0.303 e. The third-order valence-electron chi connectivity index (χ3n) is 9.06. The lowest BCUT2D eigenvalue weighted by Gasteiger charge is -2.63. The van der Waals surface area contributed by atoms with Crippen LogP contribution in [0.15, 0.2) is 11.6 Å². The van der Waals surface area contributed by atoms with Crippen LogP contribution in [0.4, 0.5) is 4.39 Å². The molecule has 3 saturated carbocycles. The first kappa shape index (κ1) is 21.6. The summed E-state index contributed by atoms with van der Waals surface area (Å²) in [6.07, 6.45) is 2.45. The molecular formula is C23H31FO6. The van der Waals surface area contributed by atoms with E-state index < -0.39 is 52.5 Å². The van der Waals surface area contributed by atoms with Crippen LogP contribution < -0.4 is 0 Å². The van der Waals surface area contributed by atoms with Crippen molar-refractivity contribution in [2.75, 3.05) is 6.61 Å². The quantitative estimate of drug-likeness (QED) is 0.678. The van der Waals surface area contributed by atoms with Crippen LogP contribution in [0.5, 0.6) is 0 Å². The molecule has 7 heteroatoms. The van der Waals surface area contributed by atoms with E-state index in [1.54, 1.807) is 13.0 Å². The fourth-order valence-electron chi connectivity index (χ4n) is 7.32. The Kier molecular flexibility index (Phi) is 4.83. The van der Waals surface area contributed by atoms with Crippen LogP contribution >= 0.6 is 0 Å². The molecule has 3 fully saturated rings. The van der Waals surface area contributed by atoms with Crippen molar-refractivity contribution in [2.45, 2.75) is 83.1 Å². The number of hydrogen-bond donors (Lipinski definition) is 2. The first-order valence-electron chi connectivity index (χ1n) is 10.9. The molecule has 166 valence electrons. The topological polar surface area (TPSA) is 101 Å². The summed E-state index contributed by atoms with van der Waals surface area (Å²) in [6, 6.07) is 0. The van der Waals surface area contributed by atoms with Gasteiger partial charge in [-0.1, -0.05) is 19.4 Å². The zero-order chi connectivity index (χ0) is 22.1. The molecule has 0 radical (unpaired) electrons. The van der Waals surface area contributed by atoms with Crippen molar-refractivity contribution in [3.63, 3.8) is 0 Å². The normalized spacial score (nSPS) is 47.6.